The summed E-state index contributed by atoms with van der Waals surface area (Å²) in [6.07, 6.45) is -3.10. The van der Waals surface area contributed by atoms with E-state index in [0.29, 0.717) is 32.5 Å². The van der Waals surface area contributed by atoms with E-state index in [1.165, 1.54) is 23.1 Å². The van der Waals surface area contributed by atoms with Crippen molar-refractivity contribution in [3.63, 3.8) is 0 Å². The SMILES string of the molecule is CC1(CN)CCN(C(=O)c2ccccc2C(F)(F)F)CC1. The molecule has 6 heteroatoms. The first-order chi connectivity index (χ1) is 9.77. The molecule has 1 aliphatic heterocycles. The van der Waals surface area contributed by atoms with Crippen LogP contribution in [0, 0.1) is 5.41 Å². The molecular formula is C15H19F3N2O. The molecule has 0 saturated carbocycles. The molecule has 1 heterocycles. The van der Waals surface area contributed by atoms with Gasteiger partial charge in [0.15, 0.2) is 0 Å². The summed E-state index contributed by atoms with van der Waals surface area (Å²) >= 11 is 0. The molecule has 2 rings (SSSR count). The number of hydrogen-bond donors (Lipinski definition) is 1. The van der Waals surface area contributed by atoms with Gasteiger partial charge in [-0.05, 0) is 36.9 Å². The Hall–Kier alpha value is -1.56. The van der Waals surface area contributed by atoms with Crippen LogP contribution in [0.2, 0.25) is 0 Å². The van der Waals surface area contributed by atoms with Crippen LogP contribution in [0.3, 0.4) is 0 Å². The third kappa shape index (κ3) is 3.37. The Morgan fingerprint density at radius 1 is 1.29 bits per heavy atom. The van der Waals surface area contributed by atoms with Crippen molar-refractivity contribution < 1.29 is 18.0 Å². The largest absolute Gasteiger partial charge is 0.417 e. The average molecular weight is 300 g/mol. The maximum atomic E-state index is 13.0. The van der Waals surface area contributed by atoms with Gasteiger partial charge >= 0.3 is 6.18 Å². The molecule has 0 atom stereocenters. The van der Waals surface area contributed by atoms with Crippen molar-refractivity contribution in [3.8, 4) is 0 Å². The number of amides is 1. The number of benzene rings is 1. The van der Waals surface area contributed by atoms with Gasteiger partial charge in [-0.25, -0.2) is 0 Å². The lowest BCUT2D eigenvalue weighted by atomic mass is 9.80. The van der Waals surface area contributed by atoms with E-state index in [-0.39, 0.29) is 11.0 Å². The lowest BCUT2D eigenvalue weighted by Gasteiger charge is -2.38. The number of hydrogen-bond acceptors (Lipinski definition) is 2. The maximum Gasteiger partial charge on any atom is 0.417 e. The van der Waals surface area contributed by atoms with E-state index in [0.717, 1.165) is 6.07 Å². The van der Waals surface area contributed by atoms with E-state index in [1.54, 1.807) is 0 Å². The predicted octanol–water partition coefficient (Wildman–Crippen LogP) is 2.91. The monoisotopic (exact) mass is 300 g/mol. The first kappa shape index (κ1) is 15.8. The second-order valence-corrected chi connectivity index (χ2v) is 5.85. The zero-order chi connectivity index (χ0) is 15.7. The number of piperidine rings is 1. The molecule has 2 N–H and O–H groups in total. The molecule has 3 nitrogen and oxygen atoms in total. The molecule has 0 radical (unpaired) electrons. The number of nitrogens with zero attached hydrogens (tertiary/aromatic N) is 1. The van der Waals surface area contributed by atoms with Crippen molar-refractivity contribution in [1.82, 2.24) is 4.90 Å². The van der Waals surface area contributed by atoms with Gasteiger partial charge in [-0.3, -0.25) is 4.79 Å². The number of rotatable bonds is 2. The molecule has 1 aliphatic rings. The first-order valence-corrected chi connectivity index (χ1v) is 6.92. The van der Waals surface area contributed by atoms with Crippen molar-refractivity contribution in [3.05, 3.63) is 35.4 Å². The van der Waals surface area contributed by atoms with E-state index in [2.05, 4.69) is 0 Å². The minimum Gasteiger partial charge on any atom is -0.339 e. The first-order valence-electron chi connectivity index (χ1n) is 6.92. The molecule has 0 aliphatic carbocycles. The van der Waals surface area contributed by atoms with E-state index in [1.807, 2.05) is 6.92 Å². The maximum absolute atomic E-state index is 13.0. The van der Waals surface area contributed by atoms with E-state index in [9.17, 15) is 18.0 Å². The molecular weight excluding hydrogens is 281 g/mol. The summed E-state index contributed by atoms with van der Waals surface area (Å²) in [7, 11) is 0. The standard InChI is InChI=1S/C15H19F3N2O/c1-14(10-19)6-8-20(9-7-14)13(21)11-4-2-3-5-12(11)15(16,17)18/h2-5H,6-10,19H2,1H3. The van der Waals surface area contributed by atoms with E-state index >= 15 is 0 Å². The minimum atomic E-state index is -4.52. The van der Waals surface area contributed by atoms with Crippen LogP contribution >= 0.6 is 0 Å². The highest BCUT2D eigenvalue weighted by molar-refractivity contribution is 5.96. The quantitative estimate of drug-likeness (QED) is 0.913. The number of carbonyl (C=O) groups excluding carboxylic acids is 1. The van der Waals surface area contributed by atoms with Crippen molar-refractivity contribution in [2.75, 3.05) is 19.6 Å². The summed E-state index contributed by atoms with van der Waals surface area (Å²) < 4.78 is 38.9. The molecule has 0 bridgehead atoms. The molecule has 0 unspecified atom stereocenters. The van der Waals surface area contributed by atoms with E-state index in [4.69, 9.17) is 5.73 Å². The highest BCUT2D eigenvalue weighted by Gasteiger charge is 2.37. The highest BCUT2D eigenvalue weighted by atomic mass is 19.4. The van der Waals surface area contributed by atoms with Crippen LogP contribution in [0.4, 0.5) is 13.2 Å². The number of halogens is 3. The minimum absolute atomic E-state index is 0.0275. The fourth-order valence-electron chi connectivity index (χ4n) is 2.54. The summed E-state index contributed by atoms with van der Waals surface area (Å²) in [6.45, 7) is 3.45. The zero-order valence-corrected chi connectivity index (χ0v) is 11.9. The van der Waals surface area contributed by atoms with Crippen LogP contribution in [0.15, 0.2) is 24.3 Å². The summed E-state index contributed by atoms with van der Waals surface area (Å²) in [5.41, 5.74) is 4.52. The number of likely N-dealkylation sites (tertiary alicyclic amines) is 1. The van der Waals surface area contributed by atoms with Gasteiger partial charge in [0.1, 0.15) is 0 Å². The summed E-state index contributed by atoms with van der Waals surface area (Å²) in [5, 5.41) is 0. The van der Waals surface area contributed by atoms with Crippen LogP contribution in [-0.2, 0) is 6.18 Å². The predicted molar refractivity (Wildman–Crippen MR) is 73.7 cm³/mol. The van der Waals surface area contributed by atoms with Crippen molar-refractivity contribution in [1.29, 1.82) is 0 Å². The van der Waals surface area contributed by atoms with Gasteiger partial charge in [0.25, 0.3) is 5.91 Å². The Balaban J connectivity index is 2.19. The fourth-order valence-corrected chi connectivity index (χ4v) is 2.54. The van der Waals surface area contributed by atoms with Crippen LogP contribution in [0.1, 0.15) is 35.7 Å². The van der Waals surface area contributed by atoms with Gasteiger partial charge in [-0.2, -0.15) is 13.2 Å². The molecule has 1 aromatic carbocycles. The third-order valence-electron chi connectivity index (χ3n) is 4.21. The Bertz CT molecular complexity index is 520. The summed E-state index contributed by atoms with van der Waals surface area (Å²) in [5.74, 6) is -0.554. The van der Waals surface area contributed by atoms with E-state index < -0.39 is 17.6 Å². The normalized spacial score (nSPS) is 18.6. The molecule has 0 aromatic heterocycles. The summed E-state index contributed by atoms with van der Waals surface area (Å²) in [4.78, 5) is 13.8. The Kier molecular flexibility index (Phi) is 4.27. The molecule has 0 spiro atoms. The van der Waals surface area contributed by atoms with Crippen molar-refractivity contribution >= 4 is 5.91 Å². The molecule has 1 amide bonds. The fraction of sp³-hybridized carbons (Fsp3) is 0.533. The Morgan fingerprint density at radius 2 is 1.86 bits per heavy atom. The number of carbonyl (C=O) groups is 1. The Morgan fingerprint density at radius 3 is 2.38 bits per heavy atom. The van der Waals surface area contributed by atoms with Gasteiger partial charge in [-0.1, -0.05) is 19.1 Å². The smallest absolute Gasteiger partial charge is 0.339 e. The van der Waals surface area contributed by atoms with Gasteiger partial charge in [0.2, 0.25) is 0 Å². The van der Waals surface area contributed by atoms with Gasteiger partial charge < -0.3 is 10.6 Å². The third-order valence-corrected chi connectivity index (χ3v) is 4.21. The van der Waals surface area contributed by atoms with Crippen molar-refractivity contribution in [2.45, 2.75) is 25.9 Å². The van der Waals surface area contributed by atoms with Crippen molar-refractivity contribution in [2.24, 2.45) is 11.1 Å². The van der Waals surface area contributed by atoms with Crippen LogP contribution in [0.5, 0.6) is 0 Å². The van der Waals surface area contributed by atoms with Gasteiger partial charge in [0, 0.05) is 13.1 Å². The number of alkyl halides is 3. The van der Waals surface area contributed by atoms with Crippen LogP contribution in [0.25, 0.3) is 0 Å². The molecule has 1 aromatic rings. The zero-order valence-electron chi connectivity index (χ0n) is 11.9. The van der Waals surface area contributed by atoms with Crippen LogP contribution < -0.4 is 5.73 Å². The highest BCUT2D eigenvalue weighted by Crippen LogP contribution is 2.34. The Labute approximate surface area is 121 Å². The second-order valence-electron chi connectivity index (χ2n) is 5.85. The average Bonchev–Trinajstić information content (AvgIpc) is 2.46. The lowest BCUT2D eigenvalue weighted by Crippen LogP contribution is -2.45. The molecule has 21 heavy (non-hydrogen) atoms. The topological polar surface area (TPSA) is 46.3 Å². The lowest BCUT2D eigenvalue weighted by molar-refractivity contribution is -0.138. The summed E-state index contributed by atoms with van der Waals surface area (Å²) in [6, 6.07) is 4.93. The van der Waals surface area contributed by atoms with Crippen LogP contribution in [-0.4, -0.2) is 30.4 Å². The molecule has 116 valence electrons. The second kappa shape index (κ2) is 5.67. The van der Waals surface area contributed by atoms with Gasteiger partial charge in [-0.15, -0.1) is 0 Å². The molecule has 1 saturated heterocycles. The number of nitrogens with two attached hydrogens (primary N) is 1. The molecule has 1 fully saturated rings. The van der Waals surface area contributed by atoms with Gasteiger partial charge in [0.05, 0.1) is 11.1 Å².